The summed E-state index contributed by atoms with van der Waals surface area (Å²) in [7, 11) is 0. The van der Waals surface area contributed by atoms with E-state index in [1.807, 2.05) is 18.3 Å². The molecule has 1 unspecified atom stereocenters. The number of hydrazine groups is 1. The van der Waals surface area contributed by atoms with Crippen molar-refractivity contribution < 1.29 is 0 Å². The van der Waals surface area contributed by atoms with Crippen molar-refractivity contribution in [2.24, 2.45) is 5.84 Å². The summed E-state index contributed by atoms with van der Waals surface area (Å²) in [6.45, 7) is 0. The number of nitrogens with zero attached hydrogens (tertiary/aromatic N) is 1. The Bertz CT molecular complexity index is 735. The van der Waals surface area contributed by atoms with Gasteiger partial charge in [-0.25, -0.2) is 5.43 Å². The summed E-state index contributed by atoms with van der Waals surface area (Å²) < 4.78 is 0. The molecule has 21 heavy (non-hydrogen) atoms. The number of nitrogens with two attached hydrogens (primary N) is 1. The number of aromatic nitrogens is 1. The van der Waals surface area contributed by atoms with E-state index < -0.39 is 0 Å². The quantitative estimate of drug-likeness (QED) is 0.439. The molecule has 0 spiro atoms. The van der Waals surface area contributed by atoms with Gasteiger partial charge in [0.1, 0.15) is 0 Å². The summed E-state index contributed by atoms with van der Waals surface area (Å²) in [5, 5.41) is 1.12. The van der Waals surface area contributed by atoms with E-state index in [1.165, 1.54) is 4.90 Å². The highest BCUT2D eigenvalue weighted by Crippen LogP contribution is 2.28. The summed E-state index contributed by atoms with van der Waals surface area (Å²) in [6, 6.07) is 18.6. The van der Waals surface area contributed by atoms with Crippen LogP contribution < -0.4 is 11.3 Å². The minimum atomic E-state index is -0.0699. The van der Waals surface area contributed by atoms with Gasteiger partial charge in [-0.1, -0.05) is 36.4 Å². The summed E-state index contributed by atoms with van der Waals surface area (Å²) in [4.78, 5) is 5.75. The maximum atomic E-state index is 5.82. The van der Waals surface area contributed by atoms with Crippen molar-refractivity contribution in [3.05, 3.63) is 71.9 Å². The third-order valence-electron chi connectivity index (χ3n) is 3.59. The van der Waals surface area contributed by atoms with E-state index >= 15 is 0 Å². The Labute approximate surface area is 128 Å². The van der Waals surface area contributed by atoms with Crippen molar-refractivity contribution in [1.29, 1.82) is 0 Å². The van der Waals surface area contributed by atoms with Gasteiger partial charge in [-0.05, 0) is 30.0 Å². The fraction of sp³-hybridized carbons (Fsp3) is 0.118. The molecule has 1 atom stereocenters. The number of rotatable bonds is 4. The minimum Gasteiger partial charge on any atom is -0.271 e. The van der Waals surface area contributed by atoms with Crippen LogP contribution in [0.4, 0.5) is 0 Å². The lowest BCUT2D eigenvalue weighted by atomic mass is 9.97. The molecule has 0 aliphatic carbocycles. The fourth-order valence-electron chi connectivity index (χ4n) is 2.52. The van der Waals surface area contributed by atoms with Gasteiger partial charge in [0.25, 0.3) is 0 Å². The van der Waals surface area contributed by atoms with Gasteiger partial charge in [-0.15, -0.1) is 11.8 Å². The second-order valence-electron chi connectivity index (χ2n) is 4.80. The van der Waals surface area contributed by atoms with E-state index in [0.717, 1.165) is 22.0 Å². The van der Waals surface area contributed by atoms with E-state index in [-0.39, 0.29) is 6.04 Å². The van der Waals surface area contributed by atoms with Crippen molar-refractivity contribution in [2.45, 2.75) is 10.9 Å². The van der Waals surface area contributed by atoms with Crippen LogP contribution in [0.3, 0.4) is 0 Å². The lowest BCUT2D eigenvalue weighted by molar-refractivity contribution is 0.639. The largest absolute Gasteiger partial charge is 0.271 e. The summed E-state index contributed by atoms with van der Waals surface area (Å²) >= 11 is 1.73. The monoisotopic (exact) mass is 295 g/mol. The molecule has 3 rings (SSSR count). The molecule has 3 nitrogen and oxygen atoms in total. The van der Waals surface area contributed by atoms with Gasteiger partial charge in [0.05, 0.1) is 11.6 Å². The number of hydrogen-bond donors (Lipinski definition) is 2. The second-order valence-corrected chi connectivity index (χ2v) is 5.67. The average Bonchev–Trinajstić information content (AvgIpc) is 2.56. The number of para-hydroxylation sites is 1. The average molecular weight is 295 g/mol. The Morgan fingerprint density at radius 1 is 1.05 bits per heavy atom. The summed E-state index contributed by atoms with van der Waals surface area (Å²) in [5.41, 5.74) is 6.12. The van der Waals surface area contributed by atoms with Crippen LogP contribution in [0.2, 0.25) is 0 Å². The maximum absolute atomic E-state index is 5.82. The lowest BCUT2D eigenvalue weighted by Crippen LogP contribution is -2.29. The van der Waals surface area contributed by atoms with E-state index in [2.05, 4.69) is 59.1 Å². The normalized spacial score (nSPS) is 12.5. The zero-order valence-corrected chi connectivity index (χ0v) is 12.6. The number of fused-ring (bicyclic) bond motifs is 1. The Balaban J connectivity index is 2.09. The number of nitrogens with one attached hydrogen (secondary N) is 1. The first-order chi connectivity index (χ1) is 10.3. The summed E-state index contributed by atoms with van der Waals surface area (Å²) in [5.74, 6) is 5.82. The molecule has 3 aromatic rings. The Morgan fingerprint density at radius 2 is 1.81 bits per heavy atom. The van der Waals surface area contributed by atoms with E-state index in [1.54, 1.807) is 11.8 Å². The third-order valence-corrected chi connectivity index (χ3v) is 4.33. The molecule has 106 valence electrons. The molecule has 0 saturated heterocycles. The molecule has 0 saturated carbocycles. The van der Waals surface area contributed by atoms with E-state index in [9.17, 15) is 0 Å². The molecule has 3 N–H and O–H groups in total. The highest BCUT2D eigenvalue weighted by Gasteiger charge is 2.15. The Morgan fingerprint density at radius 3 is 2.52 bits per heavy atom. The van der Waals surface area contributed by atoms with Crippen LogP contribution >= 0.6 is 11.8 Å². The van der Waals surface area contributed by atoms with Gasteiger partial charge in [-0.2, -0.15) is 0 Å². The van der Waals surface area contributed by atoms with Crippen molar-refractivity contribution >= 4 is 22.7 Å². The maximum Gasteiger partial charge on any atom is 0.0753 e. The number of pyridine rings is 1. The van der Waals surface area contributed by atoms with Crippen LogP contribution in [0.1, 0.15) is 17.2 Å². The van der Waals surface area contributed by atoms with Crippen LogP contribution in [0, 0.1) is 0 Å². The van der Waals surface area contributed by atoms with Crippen molar-refractivity contribution in [3.8, 4) is 0 Å². The van der Waals surface area contributed by atoms with Gasteiger partial charge >= 0.3 is 0 Å². The van der Waals surface area contributed by atoms with Gasteiger partial charge in [-0.3, -0.25) is 10.8 Å². The van der Waals surface area contributed by atoms with Gasteiger partial charge in [0.15, 0.2) is 0 Å². The molecule has 0 aliphatic rings. The van der Waals surface area contributed by atoms with Crippen molar-refractivity contribution in [3.63, 3.8) is 0 Å². The fourth-order valence-corrected chi connectivity index (χ4v) is 2.93. The lowest BCUT2D eigenvalue weighted by Gasteiger charge is -2.18. The highest BCUT2D eigenvalue weighted by atomic mass is 32.2. The topological polar surface area (TPSA) is 50.9 Å². The zero-order chi connectivity index (χ0) is 14.7. The van der Waals surface area contributed by atoms with Crippen molar-refractivity contribution in [2.75, 3.05) is 6.26 Å². The molecule has 0 amide bonds. The molecule has 4 heteroatoms. The van der Waals surface area contributed by atoms with Gasteiger partial charge < -0.3 is 0 Å². The molecular formula is C17H17N3S. The SMILES string of the molecule is CSc1ccc(C(NN)c2cccc3cccnc23)cc1. The molecule has 0 fully saturated rings. The highest BCUT2D eigenvalue weighted by molar-refractivity contribution is 7.98. The molecular weight excluding hydrogens is 278 g/mol. The molecule has 2 aromatic carbocycles. The number of benzene rings is 2. The second kappa shape index (κ2) is 6.26. The number of thioether (sulfide) groups is 1. The Kier molecular flexibility index (Phi) is 4.20. The standard InChI is InChI=1S/C17H17N3S/c1-21-14-9-7-13(8-10-14)17(20-18)15-6-2-4-12-5-3-11-19-16(12)15/h2-11,17,20H,18H2,1H3. The third kappa shape index (κ3) is 2.78. The van der Waals surface area contributed by atoms with Crippen LogP contribution in [0.15, 0.2) is 65.7 Å². The van der Waals surface area contributed by atoms with Crippen LogP contribution in [0.5, 0.6) is 0 Å². The molecule has 0 aliphatic heterocycles. The first kappa shape index (κ1) is 14.1. The van der Waals surface area contributed by atoms with Crippen molar-refractivity contribution in [1.82, 2.24) is 10.4 Å². The van der Waals surface area contributed by atoms with Crippen LogP contribution in [-0.4, -0.2) is 11.2 Å². The molecule has 0 radical (unpaired) electrons. The van der Waals surface area contributed by atoms with Crippen LogP contribution in [0.25, 0.3) is 10.9 Å². The predicted octanol–water partition coefficient (Wildman–Crippen LogP) is 3.51. The molecule has 1 heterocycles. The first-order valence-corrected chi connectivity index (χ1v) is 7.99. The number of hydrogen-bond acceptors (Lipinski definition) is 4. The molecule has 1 aromatic heterocycles. The zero-order valence-electron chi connectivity index (χ0n) is 11.8. The van der Waals surface area contributed by atoms with Crippen LogP contribution in [-0.2, 0) is 0 Å². The van der Waals surface area contributed by atoms with Gasteiger partial charge in [0.2, 0.25) is 0 Å². The summed E-state index contributed by atoms with van der Waals surface area (Å²) in [6.07, 6.45) is 3.89. The van der Waals surface area contributed by atoms with E-state index in [4.69, 9.17) is 5.84 Å². The predicted molar refractivity (Wildman–Crippen MR) is 89.1 cm³/mol. The van der Waals surface area contributed by atoms with Gasteiger partial charge in [0, 0.05) is 22.0 Å². The minimum absolute atomic E-state index is 0.0699. The first-order valence-electron chi connectivity index (χ1n) is 6.77. The Hall–Kier alpha value is -1.88. The molecule has 0 bridgehead atoms. The smallest absolute Gasteiger partial charge is 0.0753 e. The van der Waals surface area contributed by atoms with E-state index in [0.29, 0.717) is 0 Å².